The van der Waals surface area contributed by atoms with E-state index in [9.17, 15) is 0 Å². The van der Waals surface area contributed by atoms with Crippen LogP contribution in [-0.2, 0) is 0 Å². The Labute approximate surface area is 98.8 Å². The Morgan fingerprint density at radius 1 is 1.57 bits per heavy atom. The summed E-state index contributed by atoms with van der Waals surface area (Å²) >= 11 is 3.35. The monoisotopic (exact) mass is 276 g/mol. The molecule has 2 N–H and O–H groups in total. The number of aromatic nitrogens is 1. The Kier molecular flexibility index (Phi) is 4.35. The normalized spacial score (nSPS) is 17.3. The van der Waals surface area contributed by atoms with Crippen LogP contribution in [0.15, 0.2) is 22.9 Å². The molecule has 1 heterocycles. The molecule has 1 fully saturated rings. The van der Waals surface area contributed by atoms with Gasteiger partial charge in [0.15, 0.2) is 0 Å². The molecule has 14 heavy (non-hydrogen) atoms. The van der Waals surface area contributed by atoms with Crippen molar-refractivity contribution >= 4 is 28.3 Å². The van der Waals surface area contributed by atoms with Gasteiger partial charge in [0, 0.05) is 12.2 Å². The zero-order chi connectivity index (χ0) is 9.26. The molecule has 0 unspecified atom stereocenters. The average molecular weight is 278 g/mol. The van der Waals surface area contributed by atoms with Crippen molar-refractivity contribution in [2.75, 3.05) is 0 Å². The molecule has 2 rings (SSSR count). The summed E-state index contributed by atoms with van der Waals surface area (Å²) in [7, 11) is 0. The Morgan fingerprint density at radius 3 is 2.86 bits per heavy atom. The van der Waals surface area contributed by atoms with E-state index in [2.05, 4.69) is 20.9 Å². The number of rotatable bonds is 3. The Morgan fingerprint density at radius 2 is 2.29 bits per heavy atom. The van der Waals surface area contributed by atoms with Gasteiger partial charge in [-0.05, 0) is 46.0 Å². The molecule has 1 atom stereocenters. The summed E-state index contributed by atoms with van der Waals surface area (Å²) in [6.07, 6.45) is 5.64. The number of nitrogens with zero attached hydrogens (tertiary/aromatic N) is 1. The van der Waals surface area contributed by atoms with E-state index in [1.165, 1.54) is 18.4 Å². The summed E-state index contributed by atoms with van der Waals surface area (Å²) in [4.78, 5) is 4.08. The third-order valence-corrected chi connectivity index (χ3v) is 2.90. The second-order valence-corrected chi connectivity index (χ2v) is 4.51. The molecule has 1 aliphatic rings. The highest BCUT2D eigenvalue weighted by Crippen LogP contribution is 2.36. The molecule has 0 aromatic carbocycles. The first-order chi connectivity index (χ1) is 6.25. The topological polar surface area (TPSA) is 38.9 Å². The summed E-state index contributed by atoms with van der Waals surface area (Å²) < 4.78 is 0.872. The van der Waals surface area contributed by atoms with Gasteiger partial charge in [0.2, 0.25) is 0 Å². The lowest BCUT2D eigenvalue weighted by atomic mass is 10.0. The van der Waals surface area contributed by atoms with Gasteiger partial charge in [-0.1, -0.05) is 12.8 Å². The summed E-state index contributed by atoms with van der Waals surface area (Å²) in [5.41, 5.74) is 7.24. The molecule has 4 heteroatoms. The van der Waals surface area contributed by atoms with Crippen LogP contribution in [0.3, 0.4) is 0 Å². The maximum absolute atomic E-state index is 6.06. The van der Waals surface area contributed by atoms with Crippen molar-refractivity contribution in [2.24, 2.45) is 11.7 Å². The molecule has 1 saturated carbocycles. The second-order valence-electron chi connectivity index (χ2n) is 3.70. The molecule has 1 aromatic rings. The molecule has 1 aliphatic carbocycles. The third kappa shape index (κ3) is 3.23. The minimum Gasteiger partial charge on any atom is -0.324 e. The van der Waals surface area contributed by atoms with Crippen molar-refractivity contribution in [1.29, 1.82) is 0 Å². The van der Waals surface area contributed by atoms with Crippen LogP contribution in [0.4, 0.5) is 0 Å². The summed E-state index contributed by atoms with van der Waals surface area (Å²) in [6.45, 7) is 0. The van der Waals surface area contributed by atoms with E-state index in [-0.39, 0.29) is 18.4 Å². The average Bonchev–Trinajstić information content (AvgIpc) is 2.88. The number of halogens is 2. The molecule has 0 amide bonds. The molecule has 2 nitrogen and oxygen atoms in total. The number of hydrogen-bond acceptors (Lipinski definition) is 2. The summed E-state index contributed by atoms with van der Waals surface area (Å²) in [6, 6.07) is 4.19. The van der Waals surface area contributed by atoms with Crippen molar-refractivity contribution in [3.05, 3.63) is 28.5 Å². The maximum Gasteiger partial charge on any atom is 0.106 e. The fraction of sp³-hybridized carbons (Fsp3) is 0.500. The number of nitrogens with two attached hydrogens (primary N) is 1. The summed E-state index contributed by atoms with van der Waals surface area (Å²) in [5, 5.41) is 0. The number of pyridine rings is 1. The van der Waals surface area contributed by atoms with Crippen LogP contribution >= 0.6 is 28.3 Å². The molecule has 0 saturated heterocycles. The number of hydrogen-bond donors (Lipinski definition) is 1. The molecule has 0 bridgehead atoms. The molecule has 0 radical (unpaired) electrons. The highest BCUT2D eigenvalue weighted by Gasteiger charge is 2.24. The van der Waals surface area contributed by atoms with E-state index in [0.29, 0.717) is 0 Å². The van der Waals surface area contributed by atoms with E-state index < -0.39 is 0 Å². The van der Waals surface area contributed by atoms with Crippen LogP contribution in [0.1, 0.15) is 30.9 Å². The predicted molar refractivity (Wildman–Crippen MR) is 63.5 cm³/mol. The van der Waals surface area contributed by atoms with Crippen molar-refractivity contribution < 1.29 is 0 Å². The van der Waals surface area contributed by atoms with Crippen LogP contribution in [-0.4, -0.2) is 4.98 Å². The Hall–Kier alpha value is -0.120. The second kappa shape index (κ2) is 5.10. The van der Waals surface area contributed by atoms with Crippen molar-refractivity contribution in [2.45, 2.75) is 25.3 Å². The molecular formula is C10H14BrClN2. The smallest absolute Gasteiger partial charge is 0.106 e. The maximum atomic E-state index is 6.06. The van der Waals surface area contributed by atoms with Crippen LogP contribution in [0.5, 0.6) is 0 Å². The predicted octanol–water partition coefficient (Wildman–Crippen LogP) is 3.07. The standard InChI is InChI=1S/C10H13BrN2.ClH/c11-10-6-8(3-4-13-10)9(12)5-7-1-2-7;/h3-4,6-7,9H,1-2,5,12H2;1H/t9-;/m1./s1. The Bertz CT molecular complexity index is 302. The van der Waals surface area contributed by atoms with Crippen molar-refractivity contribution in [1.82, 2.24) is 4.98 Å². The lowest BCUT2D eigenvalue weighted by Crippen LogP contribution is -2.10. The van der Waals surface area contributed by atoms with Gasteiger partial charge in [-0.3, -0.25) is 0 Å². The van der Waals surface area contributed by atoms with Gasteiger partial charge in [0.05, 0.1) is 0 Å². The highest BCUT2D eigenvalue weighted by molar-refractivity contribution is 9.10. The minimum atomic E-state index is 0. The molecule has 0 aliphatic heterocycles. The van der Waals surface area contributed by atoms with Crippen molar-refractivity contribution in [3.8, 4) is 0 Å². The quantitative estimate of drug-likeness (QED) is 0.863. The third-order valence-electron chi connectivity index (χ3n) is 2.46. The largest absolute Gasteiger partial charge is 0.324 e. The van der Waals surface area contributed by atoms with E-state index >= 15 is 0 Å². The zero-order valence-electron chi connectivity index (χ0n) is 7.82. The van der Waals surface area contributed by atoms with Crippen LogP contribution in [0, 0.1) is 5.92 Å². The van der Waals surface area contributed by atoms with Gasteiger partial charge in [-0.25, -0.2) is 4.98 Å². The fourth-order valence-electron chi connectivity index (χ4n) is 1.50. The SMILES string of the molecule is Cl.N[C@H](CC1CC1)c1ccnc(Br)c1. The molecule has 0 spiro atoms. The van der Waals surface area contributed by atoms with Crippen LogP contribution < -0.4 is 5.73 Å². The van der Waals surface area contributed by atoms with Gasteiger partial charge in [-0.15, -0.1) is 12.4 Å². The van der Waals surface area contributed by atoms with Gasteiger partial charge in [0.25, 0.3) is 0 Å². The van der Waals surface area contributed by atoms with Crippen LogP contribution in [0.25, 0.3) is 0 Å². The minimum absolute atomic E-state index is 0. The zero-order valence-corrected chi connectivity index (χ0v) is 10.2. The van der Waals surface area contributed by atoms with Crippen LogP contribution in [0.2, 0.25) is 0 Å². The summed E-state index contributed by atoms with van der Waals surface area (Å²) in [5.74, 6) is 0.877. The van der Waals surface area contributed by atoms with E-state index in [1.807, 2.05) is 12.1 Å². The lowest BCUT2D eigenvalue weighted by molar-refractivity contribution is 0.596. The fourth-order valence-corrected chi connectivity index (χ4v) is 1.88. The van der Waals surface area contributed by atoms with Crippen molar-refractivity contribution in [3.63, 3.8) is 0 Å². The van der Waals surface area contributed by atoms with Gasteiger partial charge >= 0.3 is 0 Å². The molecule has 1 aromatic heterocycles. The van der Waals surface area contributed by atoms with Gasteiger partial charge in [-0.2, -0.15) is 0 Å². The Balaban J connectivity index is 0.000000980. The molecule has 78 valence electrons. The first-order valence-electron chi connectivity index (χ1n) is 4.63. The van der Waals surface area contributed by atoms with E-state index in [1.54, 1.807) is 6.20 Å². The van der Waals surface area contributed by atoms with Gasteiger partial charge in [0.1, 0.15) is 4.60 Å². The van der Waals surface area contributed by atoms with E-state index in [0.717, 1.165) is 16.9 Å². The first kappa shape index (κ1) is 12.0. The first-order valence-corrected chi connectivity index (χ1v) is 5.42. The lowest BCUT2D eigenvalue weighted by Gasteiger charge is -2.10. The van der Waals surface area contributed by atoms with E-state index in [4.69, 9.17) is 5.73 Å². The molecular weight excluding hydrogens is 263 g/mol. The van der Waals surface area contributed by atoms with Gasteiger partial charge < -0.3 is 5.73 Å². The highest BCUT2D eigenvalue weighted by atomic mass is 79.9.